The first-order chi connectivity index (χ1) is 16.0. The number of methoxy groups -OCH3 is 1. The van der Waals surface area contributed by atoms with Crippen molar-refractivity contribution in [1.82, 2.24) is 14.9 Å². The predicted octanol–water partition coefficient (Wildman–Crippen LogP) is 3.94. The molecule has 33 heavy (non-hydrogen) atoms. The summed E-state index contributed by atoms with van der Waals surface area (Å²) in [4.78, 5) is 11.8. The third-order valence-corrected chi connectivity index (χ3v) is 6.61. The minimum Gasteiger partial charge on any atom is -0.491 e. The van der Waals surface area contributed by atoms with Crippen molar-refractivity contribution in [2.24, 2.45) is 11.8 Å². The number of hydrogen-bond acceptors (Lipinski definition) is 7. The van der Waals surface area contributed by atoms with Gasteiger partial charge in [0.1, 0.15) is 5.82 Å². The number of rotatable bonds is 10. The van der Waals surface area contributed by atoms with Gasteiger partial charge in [0, 0.05) is 68.7 Å². The summed E-state index contributed by atoms with van der Waals surface area (Å²) >= 11 is 0. The summed E-state index contributed by atoms with van der Waals surface area (Å²) in [6.07, 6.45) is 4.71. The quantitative estimate of drug-likeness (QED) is 0.583. The van der Waals surface area contributed by atoms with Gasteiger partial charge < -0.3 is 24.4 Å². The van der Waals surface area contributed by atoms with Gasteiger partial charge in [0.2, 0.25) is 0 Å². The van der Waals surface area contributed by atoms with Crippen molar-refractivity contribution < 1.29 is 14.2 Å². The van der Waals surface area contributed by atoms with E-state index < -0.39 is 0 Å². The minimum absolute atomic E-state index is 0.570. The summed E-state index contributed by atoms with van der Waals surface area (Å²) in [5, 5.41) is 3.53. The Bertz CT molecular complexity index is 908. The Hall–Kier alpha value is -2.38. The largest absolute Gasteiger partial charge is 0.491 e. The Morgan fingerprint density at radius 2 is 1.91 bits per heavy atom. The highest BCUT2D eigenvalue weighted by atomic mass is 16.5. The lowest BCUT2D eigenvalue weighted by molar-refractivity contribution is 0.0368. The van der Waals surface area contributed by atoms with Gasteiger partial charge in [-0.2, -0.15) is 0 Å². The van der Waals surface area contributed by atoms with Gasteiger partial charge in [-0.05, 0) is 57.2 Å². The van der Waals surface area contributed by atoms with E-state index in [0.717, 1.165) is 75.1 Å². The Morgan fingerprint density at radius 3 is 2.64 bits per heavy atom. The van der Waals surface area contributed by atoms with Gasteiger partial charge >= 0.3 is 0 Å². The molecule has 7 heteroatoms. The van der Waals surface area contributed by atoms with Crippen LogP contribution in [0.4, 0.5) is 5.82 Å². The van der Waals surface area contributed by atoms with Crippen LogP contribution in [0.2, 0.25) is 0 Å². The number of aryl methyl sites for hydroxylation is 1. The zero-order valence-corrected chi connectivity index (χ0v) is 20.5. The molecule has 180 valence electrons. The summed E-state index contributed by atoms with van der Waals surface area (Å²) in [7, 11) is 1.66. The van der Waals surface area contributed by atoms with Crippen molar-refractivity contribution in [2.45, 2.75) is 46.1 Å². The average molecular weight is 455 g/mol. The van der Waals surface area contributed by atoms with Crippen LogP contribution >= 0.6 is 0 Å². The van der Waals surface area contributed by atoms with Crippen LogP contribution in [0.3, 0.4) is 0 Å². The van der Waals surface area contributed by atoms with Crippen LogP contribution in [0.1, 0.15) is 43.6 Å². The van der Waals surface area contributed by atoms with E-state index in [2.05, 4.69) is 46.2 Å². The molecule has 0 saturated carbocycles. The van der Waals surface area contributed by atoms with Crippen LogP contribution in [0.5, 0.6) is 11.5 Å². The second kappa shape index (κ2) is 11.2. The van der Waals surface area contributed by atoms with Crippen LogP contribution < -0.4 is 14.8 Å². The fourth-order valence-corrected chi connectivity index (χ4v) is 4.51. The molecule has 0 aliphatic carbocycles. The molecule has 2 aromatic heterocycles. The zero-order chi connectivity index (χ0) is 23.2. The maximum absolute atomic E-state index is 6.17. The molecule has 2 aromatic rings. The molecule has 1 N–H and O–H groups in total. The second-order valence-corrected chi connectivity index (χ2v) is 9.67. The summed E-state index contributed by atoms with van der Waals surface area (Å²) < 4.78 is 17.1. The number of aromatic nitrogens is 2. The summed E-state index contributed by atoms with van der Waals surface area (Å²) in [5.41, 5.74) is 3.16. The second-order valence-electron chi connectivity index (χ2n) is 9.67. The van der Waals surface area contributed by atoms with E-state index in [1.165, 1.54) is 5.56 Å². The van der Waals surface area contributed by atoms with Gasteiger partial charge in [-0.15, -0.1) is 0 Å². The lowest BCUT2D eigenvalue weighted by atomic mass is 9.99. The van der Waals surface area contributed by atoms with Crippen molar-refractivity contribution in [3.05, 3.63) is 41.3 Å². The normalized spacial score (nSPS) is 17.7. The third-order valence-electron chi connectivity index (χ3n) is 6.61. The van der Waals surface area contributed by atoms with Crippen molar-refractivity contribution in [1.29, 1.82) is 0 Å². The Kier molecular flexibility index (Phi) is 8.04. The Morgan fingerprint density at radius 1 is 1.12 bits per heavy atom. The molecule has 2 fully saturated rings. The molecule has 0 radical (unpaired) electrons. The standard InChI is InChI=1S/C26H38N4O3/c1-18(2)30-15-22(16-30)17-33-24-12-23(27-14-25(24)31-4)10-21-9-19(3)29-26(11-21)28-13-20-5-7-32-8-6-20/h9,11-12,14,18,20,22H,5-8,10,13,15-17H2,1-4H3,(H,28,29). The molecule has 4 rings (SSSR count). The van der Waals surface area contributed by atoms with Crippen LogP contribution in [-0.2, 0) is 11.2 Å². The molecule has 0 atom stereocenters. The van der Waals surface area contributed by atoms with Crippen LogP contribution in [0.15, 0.2) is 24.4 Å². The van der Waals surface area contributed by atoms with Gasteiger partial charge in [0.15, 0.2) is 11.5 Å². The summed E-state index contributed by atoms with van der Waals surface area (Å²) in [5.74, 6) is 3.61. The molecule has 4 heterocycles. The number of nitrogens with one attached hydrogen (secondary N) is 1. The molecule has 0 unspecified atom stereocenters. The van der Waals surface area contributed by atoms with Crippen molar-refractivity contribution in [3.8, 4) is 11.5 Å². The zero-order valence-electron chi connectivity index (χ0n) is 20.5. The Balaban J connectivity index is 1.37. The summed E-state index contributed by atoms with van der Waals surface area (Å²) in [6.45, 7) is 12.1. The number of likely N-dealkylation sites (tertiary alicyclic amines) is 1. The van der Waals surface area contributed by atoms with Crippen LogP contribution in [0.25, 0.3) is 0 Å². The average Bonchev–Trinajstić information content (AvgIpc) is 2.77. The molecule has 2 saturated heterocycles. The fourth-order valence-electron chi connectivity index (χ4n) is 4.51. The van der Waals surface area contributed by atoms with Gasteiger partial charge in [0.25, 0.3) is 0 Å². The minimum atomic E-state index is 0.570. The molecule has 0 aromatic carbocycles. The molecule has 7 nitrogen and oxygen atoms in total. The van der Waals surface area contributed by atoms with E-state index >= 15 is 0 Å². The summed E-state index contributed by atoms with van der Waals surface area (Å²) in [6, 6.07) is 6.88. The van der Waals surface area contributed by atoms with Crippen molar-refractivity contribution in [3.63, 3.8) is 0 Å². The van der Waals surface area contributed by atoms with Crippen molar-refractivity contribution in [2.75, 3.05) is 51.9 Å². The highest BCUT2D eigenvalue weighted by molar-refractivity contribution is 5.43. The number of ether oxygens (including phenoxy) is 3. The number of anilines is 1. The first-order valence-electron chi connectivity index (χ1n) is 12.2. The maximum atomic E-state index is 6.17. The van der Waals surface area contributed by atoms with Crippen LogP contribution in [-0.4, -0.2) is 67.5 Å². The van der Waals surface area contributed by atoms with E-state index in [-0.39, 0.29) is 0 Å². The lowest BCUT2D eigenvalue weighted by Crippen LogP contribution is -2.52. The molecule has 0 amide bonds. The van der Waals surface area contributed by atoms with E-state index in [1.807, 2.05) is 13.0 Å². The SMILES string of the molecule is COc1cnc(Cc2cc(C)nc(NCC3CCOCC3)c2)cc1OCC1CN(C(C)C)C1. The van der Waals surface area contributed by atoms with Gasteiger partial charge in [-0.3, -0.25) is 4.98 Å². The number of hydrogen-bond donors (Lipinski definition) is 1. The first-order valence-corrected chi connectivity index (χ1v) is 12.2. The maximum Gasteiger partial charge on any atom is 0.179 e. The number of pyridine rings is 2. The van der Waals surface area contributed by atoms with Crippen LogP contribution in [0, 0.1) is 18.8 Å². The van der Waals surface area contributed by atoms with E-state index in [0.29, 0.717) is 30.2 Å². The topological polar surface area (TPSA) is 68.7 Å². The molecular formula is C26H38N4O3. The molecular weight excluding hydrogens is 416 g/mol. The predicted molar refractivity (Wildman–Crippen MR) is 130 cm³/mol. The third kappa shape index (κ3) is 6.58. The smallest absolute Gasteiger partial charge is 0.179 e. The van der Waals surface area contributed by atoms with Gasteiger partial charge in [-0.25, -0.2) is 4.98 Å². The van der Waals surface area contributed by atoms with E-state index in [1.54, 1.807) is 13.3 Å². The fraction of sp³-hybridized carbons (Fsp3) is 0.615. The monoisotopic (exact) mass is 454 g/mol. The van der Waals surface area contributed by atoms with E-state index in [9.17, 15) is 0 Å². The van der Waals surface area contributed by atoms with Crippen molar-refractivity contribution >= 4 is 5.82 Å². The molecule has 2 aliphatic rings. The number of nitrogens with zero attached hydrogens (tertiary/aromatic N) is 3. The lowest BCUT2D eigenvalue weighted by Gasteiger charge is -2.41. The Labute approximate surface area is 197 Å². The van der Waals surface area contributed by atoms with Gasteiger partial charge in [-0.1, -0.05) is 0 Å². The highest BCUT2D eigenvalue weighted by Crippen LogP contribution is 2.29. The molecule has 0 bridgehead atoms. The molecule has 0 spiro atoms. The molecule has 2 aliphatic heterocycles. The first kappa shape index (κ1) is 23.8. The van der Waals surface area contributed by atoms with Gasteiger partial charge in [0.05, 0.1) is 19.9 Å². The highest BCUT2D eigenvalue weighted by Gasteiger charge is 2.29. The van der Waals surface area contributed by atoms with E-state index in [4.69, 9.17) is 14.2 Å².